The first-order valence-corrected chi connectivity index (χ1v) is 5.83. The van der Waals surface area contributed by atoms with E-state index in [4.69, 9.17) is 4.74 Å². The molecule has 1 unspecified atom stereocenters. The number of non-ortho nitro benzene ring substituents is 1. The maximum Gasteiger partial charge on any atom is 0.269 e. The summed E-state index contributed by atoms with van der Waals surface area (Å²) in [6.45, 7) is 1.46. The second kappa shape index (κ2) is 5.77. The molecule has 92 valence electrons. The van der Waals surface area contributed by atoms with Gasteiger partial charge in [0.05, 0.1) is 16.9 Å². The number of hydrogen-bond acceptors (Lipinski definition) is 4. The molecule has 0 saturated heterocycles. The molecule has 1 atom stereocenters. The van der Waals surface area contributed by atoms with Gasteiger partial charge >= 0.3 is 0 Å². The first-order valence-electron chi connectivity index (χ1n) is 4.91. The van der Waals surface area contributed by atoms with Gasteiger partial charge in [-0.1, -0.05) is 15.9 Å². The van der Waals surface area contributed by atoms with Crippen molar-refractivity contribution >= 4 is 27.4 Å². The van der Waals surface area contributed by atoms with Gasteiger partial charge in [-0.15, -0.1) is 0 Å². The molecule has 1 aromatic carbocycles. The lowest BCUT2D eigenvalue weighted by Crippen LogP contribution is -2.13. The number of benzene rings is 1. The molecule has 0 aliphatic rings. The van der Waals surface area contributed by atoms with Crippen LogP contribution in [-0.4, -0.2) is 22.6 Å². The highest BCUT2D eigenvalue weighted by molar-refractivity contribution is 9.10. The number of carbonyl (C=O) groups excluding carboxylic acids is 1. The molecular weight excluding hydrogens is 290 g/mol. The first-order chi connectivity index (χ1) is 7.95. The fraction of sp³-hybridized carbons (Fsp3) is 0.364. The molecule has 17 heavy (non-hydrogen) atoms. The van der Waals surface area contributed by atoms with Gasteiger partial charge in [0.15, 0.2) is 0 Å². The minimum Gasteiger partial charge on any atom is -0.496 e. The van der Waals surface area contributed by atoms with Gasteiger partial charge in [-0.3, -0.25) is 14.9 Å². The van der Waals surface area contributed by atoms with Crippen molar-refractivity contribution in [2.45, 2.75) is 18.2 Å². The molecule has 0 aliphatic heterocycles. The van der Waals surface area contributed by atoms with E-state index in [0.29, 0.717) is 17.7 Å². The van der Waals surface area contributed by atoms with Crippen molar-refractivity contribution in [3.8, 4) is 5.75 Å². The summed E-state index contributed by atoms with van der Waals surface area (Å²) in [5, 5.41) is 10.7. The molecule has 0 heterocycles. The Bertz CT molecular complexity index is 447. The Balaban J connectivity index is 3.06. The van der Waals surface area contributed by atoms with Crippen LogP contribution in [0, 0.1) is 10.1 Å². The van der Waals surface area contributed by atoms with Crippen molar-refractivity contribution in [2.24, 2.45) is 0 Å². The number of ether oxygens (including phenoxy) is 1. The van der Waals surface area contributed by atoms with Gasteiger partial charge in [-0.2, -0.15) is 0 Å². The van der Waals surface area contributed by atoms with Crippen LogP contribution in [0.2, 0.25) is 0 Å². The highest BCUT2D eigenvalue weighted by Crippen LogP contribution is 2.26. The minimum atomic E-state index is -0.472. The Morgan fingerprint density at radius 3 is 2.71 bits per heavy atom. The molecule has 0 bridgehead atoms. The third-order valence-electron chi connectivity index (χ3n) is 2.32. The molecule has 0 spiro atoms. The third-order valence-corrected chi connectivity index (χ3v) is 3.28. The molecule has 6 heteroatoms. The van der Waals surface area contributed by atoms with Crippen molar-refractivity contribution < 1.29 is 14.5 Å². The number of methoxy groups -OCH3 is 1. The highest BCUT2D eigenvalue weighted by Gasteiger charge is 2.16. The Labute approximate surface area is 107 Å². The van der Waals surface area contributed by atoms with E-state index in [0.717, 1.165) is 0 Å². The number of nitro groups is 1. The average Bonchev–Trinajstić information content (AvgIpc) is 2.28. The molecule has 0 amide bonds. The standard InChI is InChI=1S/C11H12BrNO4/c1-7(14)10(12)6-8-5-9(13(15)16)3-4-11(8)17-2/h3-5,10H,6H2,1-2H3. The van der Waals surface area contributed by atoms with Gasteiger partial charge in [0.1, 0.15) is 11.5 Å². The summed E-state index contributed by atoms with van der Waals surface area (Å²) in [7, 11) is 1.49. The van der Waals surface area contributed by atoms with Crippen molar-refractivity contribution in [3.63, 3.8) is 0 Å². The zero-order chi connectivity index (χ0) is 13.0. The van der Waals surface area contributed by atoms with Crippen LogP contribution in [0.25, 0.3) is 0 Å². The monoisotopic (exact) mass is 301 g/mol. The van der Waals surface area contributed by atoms with Gasteiger partial charge in [-0.25, -0.2) is 0 Å². The second-order valence-corrected chi connectivity index (χ2v) is 4.64. The molecule has 1 aromatic rings. The maximum atomic E-state index is 11.1. The van der Waals surface area contributed by atoms with Crippen LogP contribution < -0.4 is 4.74 Å². The van der Waals surface area contributed by atoms with Gasteiger partial charge in [0.2, 0.25) is 0 Å². The Morgan fingerprint density at radius 1 is 1.59 bits per heavy atom. The summed E-state index contributed by atoms with van der Waals surface area (Å²) in [5.41, 5.74) is 0.628. The largest absolute Gasteiger partial charge is 0.496 e. The molecule has 5 nitrogen and oxygen atoms in total. The normalized spacial score (nSPS) is 11.9. The summed E-state index contributed by atoms with van der Waals surface area (Å²) in [6.07, 6.45) is 0.361. The molecule has 0 aliphatic carbocycles. The zero-order valence-electron chi connectivity index (χ0n) is 9.47. The third kappa shape index (κ3) is 3.52. The molecule has 0 fully saturated rings. The number of halogens is 1. The van der Waals surface area contributed by atoms with E-state index >= 15 is 0 Å². The van der Waals surface area contributed by atoms with Crippen LogP contribution in [0.5, 0.6) is 5.75 Å². The smallest absolute Gasteiger partial charge is 0.269 e. The van der Waals surface area contributed by atoms with Crippen LogP contribution >= 0.6 is 15.9 Å². The number of carbonyl (C=O) groups is 1. The van der Waals surface area contributed by atoms with E-state index in [9.17, 15) is 14.9 Å². The van der Waals surface area contributed by atoms with E-state index in [1.807, 2.05) is 0 Å². The predicted octanol–water partition coefficient (Wildman–Crippen LogP) is 2.50. The molecule has 0 N–H and O–H groups in total. The highest BCUT2D eigenvalue weighted by atomic mass is 79.9. The van der Waals surface area contributed by atoms with E-state index in [-0.39, 0.29) is 16.3 Å². The van der Waals surface area contributed by atoms with Crippen LogP contribution in [0.4, 0.5) is 5.69 Å². The SMILES string of the molecule is COc1ccc([N+](=O)[O-])cc1CC(Br)C(C)=O. The van der Waals surface area contributed by atoms with Crippen molar-refractivity contribution in [2.75, 3.05) is 7.11 Å². The Kier molecular flexibility index (Phi) is 4.62. The molecule has 0 saturated carbocycles. The lowest BCUT2D eigenvalue weighted by molar-refractivity contribution is -0.384. The maximum absolute atomic E-state index is 11.1. The van der Waals surface area contributed by atoms with E-state index < -0.39 is 4.92 Å². The van der Waals surface area contributed by atoms with Crippen LogP contribution in [-0.2, 0) is 11.2 Å². The molecule has 0 radical (unpaired) electrons. The van der Waals surface area contributed by atoms with Gasteiger partial charge in [0, 0.05) is 17.7 Å². The number of nitrogens with zero attached hydrogens (tertiary/aromatic N) is 1. The predicted molar refractivity (Wildman–Crippen MR) is 66.7 cm³/mol. The first kappa shape index (κ1) is 13.6. The van der Waals surface area contributed by atoms with Gasteiger partial charge in [-0.05, 0) is 19.4 Å². The lowest BCUT2D eigenvalue weighted by Gasteiger charge is -2.10. The molecule has 0 aromatic heterocycles. The van der Waals surface area contributed by atoms with Crippen LogP contribution in [0.3, 0.4) is 0 Å². The fourth-order valence-electron chi connectivity index (χ4n) is 1.37. The lowest BCUT2D eigenvalue weighted by atomic mass is 10.1. The van der Waals surface area contributed by atoms with Crippen LogP contribution in [0.1, 0.15) is 12.5 Å². The van der Waals surface area contributed by atoms with E-state index in [1.54, 1.807) is 0 Å². The van der Waals surface area contributed by atoms with Crippen molar-refractivity contribution in [3.05, 3.63) is 33.9 Å². The fourth-order valence-corrected chi connectivity index (χ4v) is 1.72. The van der Waals surface area contributed by atoms with E-state index in [2.05, 4.69) is 15.9 Å². The number of Topliss-reactive ketones (excluding diaryl/α,β-unsaturated/α-hetero) is 1. The number of alkyl halides is 1. The molecule has 1 rings (SSSR count). The van der Waals surface area contributed by atoms with Crippen molar-refractivity contribution in [1.29, 1.82) is 0 Å². The summed E-state index contributed by atoms with van der Waals surface area (Å²) < 4.78 is 5.11. The number of hydrogen-bond donors (Lipinski definition) is 0. The minimum absolute atomic E-state index is 0.0101. The summed E-state index contributed by atoms with van der Waals surface area (Å²) in [4.78, 5) is 21.0. The topological polar surface area (TPSA) is 69.4 Å². The summed E-state index contributed by atoms with van der Waals surface area (Å²) in [5.74, 6) is 0.514. The average molecular weight is 302 g/mol. The number of nitro benzene ring substituents is 1. The number of ketones is 1. The van der Waals surface area contributed by atoms with Crippen LogP contribution in [0.15, 0.2) is 18.2 Å². The summed E-state index contributed by atoms with van der Waals surface area (Å²) >= 11 is 3.23. The summed E-state index contributed by atoms with van der Waals surface area (Å²) in [6, 6.07) is 4.34. The zero-order valence-corrected chi connectivity index (χ0v) is 11.1. The van der Waals surface area contributed by atoms with Crippen molar-refractivity contribution in [1.82, 2.24) is 0 Å². The quantitative estimate of drug-likeness (QED) is 0.476. The van der Waals surface area contributed by atoms with E-state index in [1.165, 1.54) is 32.2 Å². The van der Waals surface area contributed by atoms with Gasteiger partial charge < -0.3 is 4.74 Å². The number of rotatable bonds is 5. The van der Waals surface area contributed by atoms with Gasteiger partial charge in [0.25, 0.3) is 5.69 Å². The molecular formula is C11H12BrNO4. The Hall–Kier alpha value is -1.43. The second-order valence-electron chi connectivity index (χ2n) is 3.54. The Morgan fingerprint density at radius 2 is 2.24 bits per heavy atom.